The highest BCUT2D eigenvalue weighted by molar-refractivity contribution is 7.15. The van der Waals surface area contributed by atoms with Crippen molar-refractivity contribution in [3.05, 3.63) is 40.4 Å². The molecule has 5 nitrogen and oxygen atoms in total. The van der Waals surface area contributed by atoms with E-state index in [0.717, 1.165) is 29.9 Å². The average Bonchev–Trinajstić information content (AvgIpc) is 3.36. The fourth-order valence-corrected chi connectivity index (χ4v) is 8.17. The molecular weight excluding hydrogens is 432 g/mol. The molecule has 1 aromatic carbocycles. The van der Waals surface area contributed by atoms with Crippen molar-refractivity contribution in [3.8, 4) is 5.75 Å². The van der Waals surface area contributed by atoms with Crippen LogP contribution in [0.3, 0.4) is 0 Å². The standard InChI is InChI=1S/C27H36N2O3S/c1-16-15-28-26(33-16)29-24(30)10-6-18-14-23(32-4)27(2)12-11-21-20-9-7-19(31-3)13-17(20)5-8-22(21)25(18)27/h7,9,13,15,18,21-23,25H,5-6,8,10-12,14H2,1-4H3,(H,28,29,30)/t18-,21?,22?,23+,25?,27-/m1/s1. The lowest BCUT2D eigenvalue weighted by atomic mass is 9.53. The fourth-order valence-electron chi connectivity index (χ4n) is 7.49. The molecule has 6 heteroatoms. The minimum atomic E-state index is 0.0837. The number of carbonyl (C=O) groups excluding carboxylic acids is 1. The Bertz CT molecular complexity index is 1020. The Kier molecular flexibility index (Phi) is 6.25. The first kappa shape index (κ1) is 22.9. The monoisotopic (exact) mass is 468 g/mol. The van der Waals surface area contributed by atoms with Crippen molar-refractivity contribution in [1.29, 1.82) is 0 Å². The van der Waals surface area contributed by atoms with Crippen molar-refractivity contribution >= 4 is 22.4 Å². The molecule has 2 saturated carbocycles. The summed E-state index contributed by atoms with van der Waals surface area (Å²) < 4.78 is 11.6. The van der Waals surface area contributed by atoms with Crippen LogP contribution in [0.15, 0.2) is 24.4 Å². The van der Waals surface area contributed by atoms with E-state index in [9.17, 15) is 4.79 Å². The van der Waals surface area contributed by atoms with Crippen molar-refractivity contribution in [2.45, 2.75) is 70.8 Å². The Morgan fingerprint density at radius 2 is 2.15 bits per heavy atom. The van der Waals surface area contributed by atoms with Gasteiger partial charge in [-0.1, -0.05) is 13.0 Å². The Labute approximate surface area is 201 Å². The van der Waals surface area contributed by atoms with Gasteiger partial charge in [-0.15, -0.1) is 11.3 Å². The smallest absolute Gasteiger partial charge is 0.226 e. The van der Waals surface area contributed by atoms with E-state index in [1.807, 2.05) is 20.2 Å². The van der Waals surface area contributed by atoms with Gasteiger partial charge in [-0.3, -0.25) is 4.79 Å². The zero-order valence-electron chi connectivity index (χ0n) is 20.2. The molecule has 0 spiro atoms. The lowest BCUT2D eigenvalue weighted by Crippen LogP contribution is -2.45. The number of thiazole rings is 1. The van der Waals surface area contributed by atoms with E-state index in [4.69, 9.17) is 9.47 Å². The van der Waals surface area contributed by atoms with Crippen LogP contribution in [0.4, 0.5) is 5.13 Å². The van der Waals surface area contributed by atoms with E-state index >= 15 is 0 Å². The summed E-state index contributed by atoms with van der Waals surface area (Å²) in [6, 6.07) is 6.69. The SMILES string of the molecule is COc1ccc2c(c1)CCC1C2CC[C@@]2(C)C1[C@H](CCC(=O)Nc1ncc(C)s1)C[C@@H]2OC. The Morgan fingerprint density at radius 1 is 1.30 bits per heavy atom. The predicted molar refractivity (Wildman–Crippen MR) is 132 cm³/mol. The second-order valence-corrected chi connectivity index (χ2v) is 11.8. The number of benzene rings is 1. The van der Waals surface area contributed by atoms with Gasteiger partial charge in [0.15, 0.2) is 5.13 Å². The van der Waals surface area contributed by atoms with Crippen molar-refractivity contribution in [2.24, 2.45) is 23.2 Å². The maximum absolute atomic E-state index is 12.7. The predicted octanol–water partition coefficient (Wildman–Crippen LogP) is 5.98. The van der Waals surface area contributed by atoms with Crippen molar-refractivity contribution in [3.63, 3.8) is 0 Å². The molecule has 1 amide bonds. The van der Waals surface area contributed by atoms with E-state index in [2.05, 4.69) is 35.4 Å². The molecule has 0 aliphatic heterocycles. The lowest BCUT2D eigenvalue weighted by Gasteiger charge is -2.52. The van der Waals surface area contributed by atoms with Crippen molar-refractivity contribution in [2.75, 3.05) is 19.5 Å². The number of nitrogens with zero attached hydrogens (tertiary/aromatic N) is 1. The molecule has 1 heterocycles. The number of carbonyl (C=O) groups is 1. The molecule has 0 radical (unpaired) electrons. The second kappa shape index (κ2) is 9.03. The maximum atomic E-state index is 12.7. The summed E-state index contributed by atoms with van der Waals surface area (Å²) in [5, 5.41) is 3.71. The summed E-state index contributed by atoms with van der Waals surface area (Å²) in [4.78, 5) is 18.1. The number of hydrogen-bond acceptors (Lipinski definition) is 5. The van der Waals surface area contributed by atoms with Crippen LogP contribution >= 0.6 is 11.3 Å². The third kappa shape index (κ3) is 4.10. The molecule has 1 N–H and O–H groups in total. The molecule has 3 aliphatic rings. The van der Waals surface area contributed by atoms with Crippen molar-refractivity contribution < 1.29 is 14.3 Å². The number of amides is 1. The van der Waals surface area contributed by atoms with E-state index in [-0.39, 0.29) is 17.4 Å². The zero-order valence-corrected chi connectivity index (χ0v) is 21.0. The van der Waals surface area contributed by atoms with Gasteiger partial charge >= 0.3 is 0 Å². The zero-order chi connectivity index (χ0) is 23.2. The first-order valence-corrected chi connectivity index (χ1v) is 13.2. The Hall–Kier alpha value is -1.92. The molecule has 5 rings (SSSR count). The summed E-state index contributed by atoms with van der Waals surface area (Å²) in [5.74, 6) is 3.46. The molecule has 33 heavy (non-hydrogen) atoms. The third-order valence-corrected chi connectivity index (χ3v) is 9.71. The Balaban J connectivity index is 1.34. The Morgan fingerprint density at radius 3 is 2.88 bits per heavy atom. The number of hydrogen-bond donors (Lipinski definition) is 1. The van der Waals surface area contributed by atoms with Crippen molar-refractivity contribution in [1.82, 2.24) is 4.98 Å². The largest absolute Gasteiger partial charge is 0.497 e. The van der Waals surface area contributed by atoms with Crippen LogP contribution in [0, 0.1) is 30.1 Å². The molecule has 0 saturated heterocycles. The number of nitrogens with one attached hydrogen (secondary N) is 1. The molecule has 1 aromatic heterocycles. The number of anilines is 1. The van der Waals surface area contributed by atoms with Gasteiger partial charge < -0.3 is 14.8 Å². The summed E-state index contributed by atoms with van der Waals surface area (Å²) in [7, 11) is 3.63. The molecule has 0 bridgehead atoms. The lowest BCUT2D eigenvalue weighted by molar-refractivity contribution is -0.116. The van der Waals surface area contributed by atoms with Crippen LogP contribution in [0.25, 0.3) is 0 Å². The van der Waals surface area contributed by atoms with Crippen LogP contribution in [0.2, 0.25) is 0 Å². The van der Waals surface area contributed by atoms with Crippen LogP contribution in [0.1, 0.15) is 67.4 Å². The van der Waals surface area contributed by atoms with Crippen LogP contribution in [-0.2, 0) is 16.0 Å². The van der Waals surface area contributed by atoms with Crippen LogP contribution < -0.4 is 10.1 Å². The van der Waals surface area contributed by atoms with Gasteiger partial charge in [-0.2, -0.15) is 0 Å². The minimum Gasteiger partial charge on any atom is -0.497 e. The summed E-state index contributed by atoms with van der Waals surface area (Å²) in [6.07, 6.45) is 9.42. The summed E-state index contributed by atoms with van der Waals surface area (Å²) >= 11 is 1.53. The number of rotatable bonds is 6. The highest BCUT2D eigenvalue weighted by Gasteiger charge is 2.58. The highest BCUT2D eigenvalue weighted by Crippen LogP contribution is 2.64. The van der Waals surface area contributed by atoms with E-state index < -0.39 is 0 Å². The molecule has 2 aromatic rings. The van der Waals surface area contributed by atoms with Crippen LogP contribution in [0.5, 0.6) is 5.75 Å². The molecule has 6 atom stereocenters. The first-order chi connectivity index (χ1) is 15.9. The van der Waals surface area contributed by atoms with Gasteiger partial charge in [0, 0.05) is 24.6 Å². The third-order valence-electron chi connectivity index (χ3n) is 8.88. The van der Waals surface area contributed by atoms with Gasteiger partial charge in [0.2, 0.25) is 5.91 Å². The summed E-state index contributed by atoms with van der Waals surface area (Å²) in [6.45, 7) is 4.47. The molecule has 2 fully saturated rings. The van der Waals surface area contributed by atoms with Crippen LogP contribution in [-0.4, -0.2) is 31.2 Å². The van der Waals surface area contributed by atoms with Gasteiger partial charge in [-0.05, 0) is 97.8 Å². The van der Waals surface area contributed by atoms with Gasteiger partial charge in [-0.25, -0.2) is 4.98 Å². The number of methoxy groups -OCH3 is 2. The average molecular weight is 469 g/mol. The number of ether oxygens (including phenoxy) is 2. The van der Waals surface area contributed by atoms with Gasteiger partial charge in [0.1, 0.15) is 5.75 Å². The molecular formula is C27H36N2O3S. The second-order valence-electron chi connectivity index (χ2n) is 10.5. The molecule has 178 valence electrons. The first-order valence-electron chi connectivity index (χ1n) is 12.3. The minimum absolute atomic E-state index is 0.0837. The maximum Gasteiger partial charge on any atom is 0.226 e. The number of aryl methyl sites for hydroxylation is 2. The molecule has 3 unspecified atom stereocenters. The number of fused-ring (bicyclic) bond motifs is 5. The molecule has 3 aliphatic carbocycles. The fraction of sp³-hybridized carbons (Fsp3) is 0.630. The number of aromatic nitrogens is 1. The summed E-state index contributed by atoms with van der Waals surface area (Å²) in [5.41, 5.74) is 3.20. The highest BCUT2D eigenvalue weighted by atomic mass is 32.1. The van der Waals surface area contributed by atoms with E-state index in [1.165, 1.54) is 41.7 Å². The van der Waals surface area contributed by atoms with Gasteiger partial charge in [0.05, 0.1) is 13.2 Å². The van der Waals surface area contributed by atoms with E-state index in [0.29, 0.717) is 35.2 Å². The van der Waals surface area contributed by atoms with E-state index in [1.54, 1.807) is 7.11 Å². The quantitative estimate of drug-likeness (QED) is 0.567. The van der Waals surface area contributed by atoms with Gasteiger partial charge in [0.25, 0.3) is 0 Å². The normalized spacial score (nSPS) is 32.5. The topological polar surface area (TPSA) is 60.5 Å².